The highest BCUT2D eigenvalue weighted by Gasteiger charge is 2.12. The van der Waals surface area contributed by atoms with Crippen molar-refractivity contribution in [2.24, 2.45) is 5.10 Å². The fraction of sp³-hybridized carbons (Fsp3) is 0.190. The lowest BCUT2D eigenvalue weighted by Crippen LogP contribution is -2.35. The smallest absolute Gasteiger partial charge is 0.259 e. The highest BCUT2D eigenvalue weighted by Crippen LogP contribution is 2.28. The van der Waals surface area contributed by atoms with Gasteiger partial charge >= 0.3 is 0 Å². The van der Waals surface area contributed by atoms with Crippen LogP contribution in [0.5, 0.6) is 11.5 Å². The molecule has 0 fully saturated rings. The average molecular weight is 429 g/mol. The summed E-state index contributed by atoms with van der Waals surface area (Å²) in [5.74, 6) is -0.358. The summed E-state index contributed by atoms with van der Waals surface area (Å²) in [6, 6.07) is 9.24. The summed E-state index contributed by atoms with van der Waals surface area (Å²) in [6.45, 7) is 1.46. The zero-order chi connectivity index (χ0) is 21.7. The highest BCUT2D eigenvalue weighted by atomic mass is 32.1. The summed E-state index contributed by atoms with van der Waals surface area (Å²) in [5, 5.41) is 9.17. The summed E-state index contributed by atoms with van der Waals surface area (Å²) < 4.78 is 24.7. The van der Waals surface area contributed by atoms with E-state index in [0.717, 1.165) is 15.6 Å². The van der Waals surface area contributed by atoms with Crippen LogP contribution in [0.15, 0.2) is 46.9 Å². The topological polar surface area (TPSA) is 89.0 Å². The third-order valence-corrected chi connectivity index (χ3v) is 5.29. The lowest BCUT2D eigenvalue weighted by Gasteiger charge is -2.09. The Balaban J connectivity index is 1.60. The summed E-state index contributed by atoms with van der Waals surface area (Å²) in [5.41, 5.74) is 4.00. The van der Waals surface area contributed by atoms with Crippen molar-refractivity contribution >= 4 is 38.9 Å². The van der Waals surface area contributed by atoms with Crippen LogP contribution in [-0.2, 0) is 4.79 Å². The van der Waals surface area contributed by atoms with E-state index in [2.05, 4.69) is 15.8 Å². The zero-order valence-corrected chi connectivity index (χ0v) is 17.4. The number of ether oxygens (including phenoxy) is 2. The molecule has 2 amide bonds. The molecule has 0 spiro atoms. The number of amides is 2. The monoisotopic (exact) mass is 429 g/mol. The Morgan fingerprint density at radius 2 is 1.87 bits per heavy atom. The molecule has 30 heavy (non-hydrogen) atoms. The summed E-state index contributed by atoms with van der Waals surface area (Å²) in [4.78, 5) is 24.3. The maximum atomic E-state index is 13.5. The standard InChI is InChI=1S/C21H20FN3O4S/c1-12(16-11-30-19-7-5-14(22)9-15(16)19)24-25-20(26)10-23-21(27)13-4-6-17(28-2)18(8-13)29-3/h4-9,11H,10H2,1-3H3,(H,23,27)(H,25,26)/b24-12+. The Kier molecular flexibility index (Phi) is 6.63. The third kappa shape index (κ3) is 4.74. The molecule has 0 unspecified atom stereocenters. The van der Waals surface area contributed by atoms with Crippen LogP contribution in [-0.4, -0.2) is 38.3 Å². The number of carbonyl (C=O) groups excluding carboxylic acids is 2. The molecule has 1 heterocycles. The van der Waals surface area contributed by atoms with Crippen molar-refractivity contribution in [1.29, 1.82) is 0 Å². The lowest BCUT2D eigenvalue weighted by atomic mass is 10.1. The van der Waals surface area contributed by atoms with Gasteiger partial charge in [-0.15, -0.1) is 11.3 Å². The van der Waals surface area contributed by atoms with Gasteiger partial charge in [0.25, 0.3) is 11.8 Å². The number of thiophene rings is 1. The van der Waals surface area contributed by atoms with Crippen molar-refractivity contribution in [3.63, 3.8) is 0 Å². The Morgan fingerprint density at radius 3 is 2.60 bits per heavy atom. The molecule has 0 aliphatic rings. The van der Waals surface area contributed by atoms with Crippen molar-refractivity contribution in [3.8, 4) is 11.5 Å². The first-order valence-electron chi connectivity index (χ1n) is 8.93. The molecule has 9 heteroatoms. The maximum Gasteiger partial charge on any atom is 0.259 e. The number of hydrogen-bond acceptors (Lipinski definition) is 6. The quantitative estimate of drug-likeness (QED) is 0.445. The van der Waals surface area contributed by atoms with Gasteiger partial charge in [0.1, 0.15) is 5.82 Å². The van der Waals surface area contributed by atoms with Gasteiger partial charge in [0, 0.05) is 26.6 Å². The molecular formula is C21H20FN3O4S. The zero-order valence-electron chi connectivity index (χ0n) is 16.6. The molecule has 3 rings (SSSR count). The second-order valence-electron chi connectivity index (χ2n) is 6.27. The predicted molar refractivity (Wildman–Crippen MR) is 114 cm³/mol. The van der Waals surface area contributed by atoms with Crippen molar-refractivity contribution in [2.45, 2.75) is 6.92 Å². The van der Waals surface area contributed by atoms with Crippen LogP contribution in [0.1, 0.15) is 22.8 Å². The van der Waals surface area contributed by atoms with Gasteiger partial charge in [0.2, 0.25) is 0 Å². The molecule has 0 aliphatic heterocycles. The van der Waals surface area contributed by atoms with Crippen LogP contribution in [0, 0.1) is 5.82 Å². The normalized spacial score (nSPS) is 11.3. The first-order valence-corrected chi connectivity index (χ1v) is 9.81. The number of methoxy groups -OCH3 is 2. The predicted octanol–water partition coefficient (Wildman–Crippen LogP) is 3.33. The average Bonchev–Trinajstić information content (AvgIpc) is 3.18. The molecule has 1 aromatic heterocycles. The Morgan fingerprint density at radius 1 is 1.10 bits per heavy atom. The molecular weight excluding hydrogens is 409 g/mol. The second kappa shape index (κ2) is 9.36. The molecule has 0 bridgehead atoms. The van der Waals surface area contributed by atoms with E-state index < -0.39 is 11.8 Å². The van der Waals surface area contributed by atoms with E-state index in [0.29, 0.717) is 22.8 Å². The number of hydrazone groups is 1. The number of nitrogens with zero attached hydrogens (tertiary/aromatic N) is 1. The molecule has 7 nitrogen and oxygen atoms in total. The van der Waals surface area contributed by atoms with Gasteiger partial charge in [-0.2, -0.15) is 5.10 Å². The Hall–Kier alpha value is -3.46. The summed E-state index contributed by atoms with van der Waals surface area (Å²) in [6.07, 6.45) is 0. The number of nitrogens with one attached hydrogen (secondary N) is 2. The molecule has 2 N–H and O–H groups in total. The van der Waals surface area contributed by atoms with E-state index in [-0.39, 0.29) is 12.4 Å². The first kappa shape index (κ1) is 21.3. The van der Waals surface area contributed by atoms with E-state index in [1.807, 2.05) is 5.38 Å². The first-order chi connectivity index (χ1) is 14.4. The number of benzene rings is 2. The minimum atomic E-state index is -0.492. The van der Waals surface area contributed by atoms with Crippen LogP contribution in [0.3, 0.4) is 0 Å². The molecule has 2 aromatic carbocycles. The third-order valence-electron chi connectivity index (χ3n) is 4.33. The van der Waals surface area contributed by atoms with Crippen LogP contribution < -0.4 is 20.2 Å². The van der Waals surface area contributed by atoms with Gasteiger partial charge in [-0.1, -0.05) is 0 Å². The van der Waals surface area contributed by atoms with Gasteiger partial charge in [-0.05, 0) is 43.3 Å². The molecule has 0 radical (unpaired) electrons. The minimum absolute atomic E-state index is 0.261. The van der Waals surface area contributed by atoms with Crippen molar-refractivity contribution < 1.29 is 23.5 Å². The number of fused-ring (bicyclic) bond motifs is 1. The minimum Gasteiger partial charge on any atom is -0.493 e. The Labute approximate surface area is 176 Å². The second-order valence-corrected chi connectivity index (χ2v) is 7.19. The summed E-state index contributed by atoms with van der Waals surface area (Å²) in [7, 11) is 2.97. The maximum absolute atomic E-state index is 13.5. The van der Waals surface area contributed by atoms with Crippen LogP contribution in [0.2, 0.25) is 0 Å². The van der Waals surface area contributed by atoms with E-state index >= 15 is 0 Å². The van der Waals surface area contributed by atoms with Crippen LogP contribution in [0.25, 0.3) is 10.1 Å². The largest absolute Gasteiger partial charge is 0.493 e. The van der Waals surface area contributed by atoms with Gasteiger partial charge in [0.05, 0.1) is 26.5 Å². The molecule has 0 saturated carbocycles. The van der Waals surface area contributed by atoms with E-state index in [4.69, 9.17) is 9.47 Å². The van der Waals surface area contributed by atoms with Crippen LogP contribution in [0.4, 0.5) is 4.39 Å². The molecule has 156 valence electrons. The van der Waals surface area contributed by atoms with Gasteiger partial charge < -0.3 is 14.8 Å². The molecule has 3 aromatic rings. The van der Waals surface area contributed by atoms with Gasteiger partial charge in [0.15, 0.2) is 11.5 Å². The van der Waals surface area contributed by atoms with Gasteiger partial charge in [-0.25, -0.2) is 9.82 Å². The van der Waals surface area contributed by atoms with E-state index in [1.165, 1.54) is 43.8 Å². The fourth-order valence-electron chi connectivity index (χ4n) is 2.77. The fourth-order valence-corrected chi connectivity index (χ4v) is 3.75. The Bertz CT molecular complexity index is 1130. The highest BCUT2D eigenvalue weighted by molar-refractivity contribution is 7.17. The van der Waals surface area contributed by atoms with Gasteiger partial charge in [-0.3, -0.25) is 9.59 Å². The van der Waals surface area contributed by atoms with Crippen molar-refractivity contribution in [3.05, 3.63) is 58.7 Å². The summed E-state index contributed by atoms with van der Waals surface area (Å²) >= 11 is 1.47. The van der Waals surface area contributed by atoms with Crippen LogP contribution >= 0.6 is 11.3 Å². The molecule has 0 saturated heterocycles. The number of halogens is 1. The molecule has 0 aliphatic carbocycles. The van der Waals surface area contributed by atoms with E-state index in [9.17, 15) is 14.0 Å². The SMILES string of the molecule is COc1ccc(C(=O)NCC(=O)N/N=C(\C)c2csc3ccc(F)cc23)cc1OC. The number of rotatable bonds is 7. The number of hydrogen-bond donors (Lipinski definition) is 2. The number of carbonyl (C=O) groups is 2. The lowest BCUT2D eigenvalue weighted by molar-refractivity contribution is -0.120. The van der Waals surface area contributed by atoms with Crippen molar-refractivity contribution in [2.75, 3.05) is 20.8 Å². The van der Waals surface area contributed by atoms with Crippen molar-refractivity contribution in [1.82, 2.24) is 10.7 Å². The molecule has 0 atom stereocenters. The van der Waals surface area contributed by atoms with E-state index in [1.54, 1.807) is 25.1 Å².